The lowest BCUT2D eigenvalue weighted by molar-refractivity contribution is -0.120. The molecule has 0 unspecified atom stereocenters. The molecule has 2 fully saturated rings. The van der Waals surface area contributed by atoms with Crippen molar-refractivity contribution in [3.05, 3.63) is 64.7 Å². The SMILES string of the molecule is CCCCCC1CCC(c2ccc(C(=O)NC3CCC(C(=O)Nc4ccc(C)c(C)c4)CC3)cc2)CC1. The van der Waals surface area contributed by atoms with Crippen LogP contribution in [0.15, 0.2) is 42.5 Å². The number of nitrogens with one attached hydrogen (secondary N) is 2. The smallest absolute Gasteiger partial charge is 0.251 e. The van der Waals surface area contributed by atoms with E-state index in [0.717, 1.165) is 42.9 Å². The average molecular weight is 503 g/mol. The third-order valence-electron chi connectivity index (χ3n) is 8.91. The molecule has 37 heavy (non-hydrogen) atoms. The van der Waals surface area contributed by atoms with Gasteiger partial charge in [-0.3, -0.25) is 9.59 Å². The Labute approximate surface area is 224 Å². The van der Waals surface area contributed by atoms with Gasteiger partial charge in [0.15, 0.2) is 0 Å². The zero-order valence-corrected chi connectivity index (χ0v) is 23.2. The van der Waals surface area contributed by atoms with Gasteiger partial charge in [-0.1, -0.05) is 50.8 Å². The number of amides is 2. The van der Waals surface area contributed by atoms with Gasteiger partial charge in [0.05, 0.1) is 0 Å². The third-order valence-corrected chi connectivity index (χ3v) is 8.91. The summed E-state index contributed by atoms with van der Waals surface area (Å²) in [5.41, 5.74) is 5.41. The molecule has 4 nitrogen and oxygen atoms in total. The fourth-order valence-electron chi connectivity index (χ4n) is 6.21. The lowest BCUT2D eigenvalue weighted by Crippen LogP contribution is -2.39. The maximum Gasteiger partial charge on any atom is 0.251 e. The van der Waals surface area contributed by atoms with Gasteiger partial charge >= 0.3 is 0 Å². The Morgan fingerprint density at radius 2 is 1.51 bits per heavy atom. The fraction of sp³-hybridized carbons (Fsp3) is 0.576. The summed E-state index contributed by atoms with van der Waals surface area (Å²) in [6.45, 7) is 6.42. The van der Waals surface area contributed by atoms with Gasteiger partial charge in [-0.05, 0) is 118 Å². The molecular weight excluding hydrogens is 456 g/mol. The van der Waals surface area contributed by atoms with Gasteiger partial charge in [-0.25, -0.2) is 0 Å². The Balaban J connectivity index is 1.19. The molecule has 0 atom stereocenters. The van der Waals surface area contributed by atoms with Crippen LogP contribution in [0.25, 0.3) is 0 Å². The molecule has 2 aromatic rings. The molecule has 200 valence electrons. The van der Waals surface area contributed by atoms with Crippen LogP contribution in [0.1, 0.15) is 117 Å². The van der Waals surface area contributed by atoms with Crippen molar-refractivity contribution >= 4 is 17.5 Å². The summed E-state index contributed by atoms with van der Waals surface area (Å²) >= 11 is 0. The first-order valence-electron chi connectivity index (χ1n) is 14.7. The fourth-order valence-corrected chi connectivity index (χ4v) is 6.21. The summed E-state index contributed by atoms with van der Waals surface area (Å²) in [4.78, 5) is 25.6. The highest BCUT2D eigenvalue weighted by atomic mass is 16.2. The molecule has 0 aliphatic heterocycles. The summed E-state index contributed by atoms with van der Waals surface area (Å²) in [5.74, 6) is 1.68. The van der Waals surface area contributed by atoms with Gasteiger partial charge in [-0.2, -0.15) is 0 Å². The average Bonchev–Trinajstić information content (AvgIpc) is 2.92. The minimum absolute atomic E-state index is 0.00853. The summed E-state index contributed by atoms with van der Waals surface area (Å²) < 4.78 is 0. The first-order chi connectivity index (χ1) is 17.9. The second-order valence-electron chi connectivity index (χ2n) is 11.6. The van der Waals surface area contributed by atoms with Crippen LogP contribution in [-0.4, -0.2) is 17.9 Å². The number of benzene rings is 2. The van der Waals surface area contributed by atoms with E-state index in [1.54, 1.807) is 0 Å². The van der Waals surface area contributed by atoms with Crippen molar-refractivity contribution in [1.29, 1.82) is 0 Å². The Morgan fingerprint density at radius 3 is 2.16 bits per heavy atom. The molecule has 2 aliphatic rings. The molecule has 4 heteroatoms. The van der Waals surface area contributed by atoms with E-state index in [-0.39, 0.29) is 23.8 Å². The van der Waals surface area contributed by atoms with E-state index < -0.39 is 0 Å². The minimum Gasteiger partial charge on any atom is -0.349 e. The first kappa shape index (κ1) is 27.4. The lowest BCUT2D eigenvalue weighted by atomic mass is 9.77. The summed E-state index contributed by atoms with van der Waals surface area (Å²) in [7, 11) is 0. The first-order valence-corrected chi connectivity index (χ1v) is 14.7. The van der Waals surface area contributed by atoms with Crippen molar-refractivity contribution in [3.63, 3.8) is 0 Å². The van der Waals surface area contributed by atoms with Crippen LogP contribution in [0.5, 0.6) is 0 Å². The predicted molar refractivity (Wildman–Crippen MR) is 153 cm³/mol. The predicted octanol–water partition coefficient (Wildman–Crippen LogP) is 8.08. The van der Waals surface area contributed by atoms with Crippen molar-refractivity contribution in [1.82, 2.24) is 5.32 Å². The van der Waals surface area contributed by atoms with Crippen molar-refractivity contribution in [3.8, 4) is 0 Å². The Kier molecular flexibility index (Phi) is 9.82. The van der Waals surface area contributed by atoms with Gasteiger partial charge in [0, 0.05) is 23.2 Å². The zero-order chi connectivity index (χ0) is 26.2. The van der Waals surface area contributed by atoms with Crippen molar-refractivity contribution in [2.75, 3.05) is 5.32 Å². The molecule has 0 saturated heterocycles. The van der Waals surface area contributed by atoms with Crippen molar-refractivity contribution in [2.45, 2.75) is 110 Å². The molecule has 2 aromatic carbocycles. The number of carbonyl (C=O) groups excluding carboxylic acids is 2. The van der Waals surface area contributed by atoms with Crippen LogP contribution in [0.3, 0.4) is 0 Å². The lowest BCUT2D eigenvalue weighted by Gasteiger charge is -2.29. The quantitative estimate of drug-likeness (QED) is 0.340. The van der Waals surface area contributed by atoms with E-state index in [9.17, 15) is 9.59 Å². The van der Waals surface area contributed by atoms with Gasteiger partial charge < -0.3 is 10.6 Å². The highest BCUT2D eigenvalue weighted by Gasteiger charge is 2.28. The number of anilines is 1. The molecule has 2 amide bonds. The van der Waals surface area contributed by atoms with E-state index in [4.69, 9.17) is 0 Å². The van der Waals surface area contributed by atoms with Crippen LogP contribution >= 0.6 is 0 Å². The standard InChI is InChI=1S/C33H46N2O2/c1-4-5-6-7-25-9-11-26(12-10-25)27-13-15-28(16-14-27)32(36)34-30-20-17-29(18-21-30)33(37)35-31-19-8-23(2)24(3)22-31/h8,13-16,19,22,25-26,29-30H,4-7,9-12,17-18,20-21H2,1-3H3,(H,34,36)(H,35,37). The molecule has 2 aliphatic carbocycles. The summed E-state index contributed by atoms with van der Waals surface area (Å²) in [6.07, 6.45) is 14.0. The number of hydrogen-bond donors (Lipinski definition) is 2. The van der Waals surface area contributed by atoms with Crippen LogP contribution in [0.4, 0.5) is 5.69 Å². The molecule has 0 radical (unpaired) electrons. The topological polar surface area (TPSA) is 58.2 Å². The zero-order valence-electron chi connectivity index (χ0n) is 23.2. The monoisotopic (exact) mass is 502 g/mol. The van der Waals surface area contributed by atoms with E-state index in [2.05, 4.69) is 43.5 Å². The van der Waals surface area contributed by atoms with Crippen LogP contribution in [0, 0.1) is 25.7 Å². The van der Waals surface area contributed by atoms with E-state index >= 15 is 0 Å². The molecule has 0 bridgehead atoms. The van der Waals surface area contributed by atoms with Gasteiger partial charge in [-0.15, -0.1) is 0 Å². The number of rotatable bonds is 9. The van der Waals surface area contributed by atoms with Crippen molar-refractivity contribution < 1.29 is 9.59 Å². The van der Waals surface area contributed by atoms with Crippen LogP contribution in [0.2, 0.25) is 0 Å². The highest BCUT2D eigenvalue weighted by Crippen LogP contribution is 2.38. The normalized spacial score (nSPS) is 23.9. The second-order valence-corrected chi connectivity index (χ2v) is 11.6. The minimum atomic E-state index is 0.00853. The number of hydrogen-bond acceptors (Lipinski definition) is 2. The van der Waals surface area contributed by atoms with Gasteiger partial charge in [0.2, 0.25) is 5.91 Å². The molecule has 0 aromatic heterocycles. The van der Waals surface area contributed by atoms with E-state index in [1.807, 2.05) is 30.3 Å². The number of unbranched alkanes of at least 4 members (excludes halogenated alkanes) is 2. The van der Waals surface area contributed by atoms with Crippen LogP contribution in [-0.2, 0) is 4.79 Å². The molecule has 0 heterocycles. The molecule has 4 rings (SSSR count). The summed E-state index contributed by atoms with van der Waals surface area (Å²) in [5, 5.41) is 6.30. The van der Waals surface area contributed by atoms with Gasteiger partial charge in [0.1, 0.15) is 0 Å². The Bertz CT molecular complexity index is 1030. The van der Waals surface area contributed by atoms with Gasteiger partial charge in [0.25, 0.3) is 5.91 Å². The molecular formula is C33H46N2O2. The molecule has 0 spiro atoms. The largest absolute Gasteiger partial charge is 0.349 e. The Morgan fingerprint density at radius 1 is 0.811 bits per heavy atom. The van der Waals surface area contributed by atoms with E-state index in [1.165, 1.54) is 68.1 Å². The second kappa shape index (κ2) is 13.3. The molecule has 2 N–H and O–H groups in total. The Hall–Kier alpha value is -2.62. The number of carbonyl (C=O) groups is 2. The maximum atomic E-state index is 12.9. The maximum absolute atomic E-state index is 12.9. The van der Waals surface area contributed by atoms with Crippen LogP contribution < -0.4 is 10.6 Å². The third kappa shape index (κ3) is 7.69. The number of aryl methyl sites for hydroxylation is 2. The highest BCUT2D eigenvalue weighted by molar-refractivity contribution is 5.94. The summed E-state index contributed by atoms with van der Waals surface area (Å²) in [6, 6.07) is 14.5. The van der Waals surface area contributed by atoms with Crippen molar-refractivity contribution in [2.24, 2.45) is 11.8 Å². The van der Waals surface area contributed by atoms with E-state index in [0.29, 0.717) is 5.92 Å². The molecule has 2 saturated carbocycles.